The predicted molar refractivity (Wildman–Crippen MR) is 93.8 cm³/mol. The van der Waals surface area contributed by atoms with Crippen molar-refractivity contribution in [3.63, 3.8) is 0 Å². The minimum Gasteiger partial charge on any atom is -0.493 e. The molecule has 5 heteroatoms. The minimum atomic E-state index is 0.0516. The Labute approximate surface area is 144 Å². The number of benzene rings is 1. The number of methoxy groups -OCH3 is 1. The third-order valence-corrected chi connectivity index (χ3v) is 5.09. The Morgan fingerprint density at radius 3 is 2.46 bits per heavy atom. The van der Waals surface area contributed by atoms with E-state index in [0.717, 1.165) is 12.8 Å². The molecule has 24 heavy (non-hydrogen) atoms. The highest BCUT2D eigenvalue weighted by Gasteiger charge is 2.36. The molecule has 2 unspecified atom stereocenters. The number of nitrogens with zero attached hydrogens (tertiary/aromatic N) is 1. The number of fused-ring (bicyclic) bond motifs is 2. The van der Waals surface area contributed by atoms with Gasteiger partial charge in [-0.3, -0.25) is 4.79 Å². The lowest BCUT2D eigenvalue weighted by Gasteiger charge is -2.35. The van der Waals surface area contributed by atoms with Gasteiger partial charge in [0.05, 0.1) is 13.2 Å². The van der Waals surface area contributed by atoms with Crippen molar-refractivity contribution in [2.24, 2.45) is 0 Å². The molecular formula is C19H28N2O3. The molecule has 1 aromatic carbocycles. The fourth-order valence-electron chi connectivity index (χ4n) is 3.86. The molecule has 132 valence electrons. The molecule has 3 rings (SSSR count). The van der Waals surface area contributed by atoms with E-state index in [2.05, 4.69) is 5.32 Å². The molecule has 0 aliphatic carbocycles. The first-order valence-corrected chi connectivity index (χ1v) is 8.85. The zero-order valence-corrected chi connectivity index (χ0v) is 15.0. The lowest BCUT2D eigenvalue weighted by Crippen LogP contribution is -2.48. The number of amides is 1. The molecule has 1 aromatic rings. The van der Waals surface area contributed by atoms with Crippen molar-refractivity contribution in [3.8, 4) is 11.5 Å². The molecule has 2 heterocycles. The van der Waals surface area contributed by atoms with Crippen LogP contribution in [-0.2, 0) is 0 Å². The van der Waals surface area contributed by atoms with E-state index in [-0.39, 0.29) is 12.0 Å². The van der Waals surface area contributed by atoms with Crippen LogP contribution >= 0.6 is 0 Å². The number of rotatable bonds is 5. The van der Waals surface area contributed by atoms with Gasteiger partial charge in [0.1, 0.15) is 0 Å². The topological polar surface area (TPSA) is 50.8 Å². The quantitative estimate of drug-likeness (QED) is 0.901. The smallest absolute Gasteiger partial charge is 0.253 e. The SMILES string of the molecule is COc1cc(C(=O)N(C)C2CC3CCC(C2)N3)ccc1OC(C)C. The number of ether oxygens (including phenoxy) is 2. The molecule has 5 nitrogen and oxygen atoms in total. The molecule has 0 saturated carbocycles. The summed E-state index contributed by atoms with van der Waals surface area (Å²) in [5.41, 5.74) is 0.649. The Kier molecular flexibility index (Phi) is 4.99. The van der Waals surface area contributed by atoms with E-state index < -0.39 is 0 Å². The lowest BCUT2D eigenvalue weighted by molar-refractivity contribution is 0.0681. The Morgan fingerprint density at radius 1 is 1.21 bits per heavy atom. The molecule has 1 amide bonds. The molecule has 2 aliphatic heterocycles. The normalized spacial score (nSPS) is 25.6. The molecule has 2 saturated heterocycles. The number of carbonyl (C=O) groups is 1. The van der Waals surface area contributed by atoms with E-state index in [1.165, 1.54) is 12.8 Å². The second-order valence-corrected chi connectivity index (χ2v) is 7.21. The minimum absolute atomic E-state index is 0.0516. The summed E-state index contributed by atoms with van der Waals surface area (Å²) in [6.45, 7) is 3.94. The van der Waals surface area contributed by atoms with Crippen LogP contribution in [0.2, 0.25) is 0 Å². The van der Waals surface area contributed by atoms with Crippen molar-refractivity contribution in [2.75, 3.05) is 14.2 Å². The number of carbonyl (C=O) groups excluding carboxylic acids is 1. The third-order valence-electron chi connectivity index (χ3n) is 5.09. The average molecular weight is 332 g/mol. The van der Waals surface area contributed by atoms with Crippen LogP contribution in [-0.4, -0.2) is 49.2 Å². The van der Waals surface area contributed by atoms with E-state index in [1.807, 2.05) is 37.9 Å². The lowest BCUT2D eigenvalue weighted by atomic mass is 9.98. The highest BCUT2D eigenvalue weighted by molar-refractivity contribution is 5.95. The maximum absolute atomic E-state index is 12.9. The highest BCUT2D eigenvalue weighted by atomic mass is 16.5. The van der Waals surface area contributed by atoms with Crippen molar-refractivity contribution >= 4 is 5.91 Å². The van der Waals surface area contributed by atoms with Gasteiger partial charge in [-0.25, -0.2) is 0 Å². The Morgan fingerprint density at radius 2 is 1.88 bits per heavy atom. The van der Waals surface area contributed by atoms with Gasteiger partial charge in [0.25, 0.3) is 5.91 Å². The van der Waals surface area contributed by atoms with Gasteiger partial charge in [-0.2, -0.15) is 0 Å². The number of piperidine rings is 1. The summed E-state index contributed by atoms with van der Waals surface area (Å²) < 4.78 is 11.1. The fraction of sp³-hybridized carbons (Fsp3) is 0.632. The van der Waals surface area contributed by atoms with Crippen LogP contribution in [0.3, 0.4) is 0 Å². The first-order chi connectivity index (χ1) is 11.5. The van der Waals surface area contributed by atoms with Crippen molar-refractivity contribution < 1.29 is 14.3 Å². The van der Waals surface area contributed by atoms with Crippen LogP contribution in [0.1, 0.15) is 49.9 Å². The summed E-state index contributed by atoms with van der Waals surface area (Å²) in [5, 5.41) is 3.62. The summed E-state index contributed by atoms with van der Waals surface area (Å²) in [7, 11) is 3.52. The average Bonchev–Trinajstić information content (AvgIpc) is 2.91. The summed E-state index contributed by atoms with van der Waals surface area (Å²) >= 11 is 0. The van der Waals surface area contributed by atoms with Crippen molar-refractivity contribution in [1.82, 2.24) is 10.2 Å². The van der Waals surface area contributed by atoms with Gasteiger partial charge in [-0.05, 0) is 57.7 Å². The summed E-state index contributed by atoms with van der Waals surface area (Å²) in [6, 6.07) is 6.89. The number of hydrogen-bond acceptors (Lipinski definition) is 4. The van der Waals surface area contributed by atoms with Gasteiger partial charge in [-0.15, -0.1) is 0 Å². The van der Waals surface area contributed by atoms with Gasteiger partial charge in [-0.1, -0.05) is 0 Å². The van der Waals surface area contributed by atoms with Crippen LogP contribution in [0.15, 0.2) is 18.2 Å². The summed E-state index contributed by atoms with van der Waals surface area (Å²) in [4.78, 5) is 14.8. The first-order valence-electron chi connectivity index (χ1n) is 8.85. The van der Waals surface area contributed by atoms with E-state index >= 15 is 0 Å². The fourth-order valence-corrected chi connectivity index (χ4v) is 3.86. The van der Waals surface area contributed by atoms with Gasteiger partial charge < -0.3 is 19.7 Å². The summed E-state index contributed by atoms with van der Waals surface area (Å²) in [6.07, 6.45) is 4.62. The van der Waals surface area contributed by atoms with Gasteiger partial charge >= 0.3 is 0 Å². The molecule has 2 atom stereocenters. The molecule has 0 radical (unpaired) electrons. The third kappa shape index (κ3) is 3.51. The van der Waals surface area contributed by atoms with Gasteiger partial charge in [0.15, 0.2) is 11.5 Å². The standard InChI is InChI=1S/C19H28N2O3/c1-12(2)24-17-8-5-13(9-18(17)23-4)19(22)21(3)16-10-14-6-7-15(11-16)20-14/h5,8-9,12,14-16,20H,6-7,10-11H2,1-4H3. The summed E-state index contributed by atoms with van der Waals surface area (Å²) in [5.74, 6) is 1.33. The molecule has 0 spiro atoms. The molecular weight excluding hydrogens is 304 g/mol. The second-order valence-electron chi connectivity index (χ2n) is 7.21. The van der Waals surface area contributed by atoms with Crippen molar-refractivity contribution in [3.05, 3.63) is 23.8 Å². The molecule has 0 aromatic heterocycles. The van der Waals surface area contributed by atoms with E-state index in [9.17, 15) is 4.79 Å². The van der Waals surface area contributed by atoms with Crippen LogP contribution < -0.4 is 14.8 Å². The van der Waals surface area contributed by atoms with Crippen molar-refractivity contribution in [2.45, 2.75) is 63.8 Å². The Hall–Kier alpha value is -1.75. The molecule has 2 aliphatic rings. The molecule has 2 fully saturated rings. The first kappa shape index (κ1) is 17.1. The van der Waals surface area contributed by atoms with Crippen molar-refractivity contribution in [1.29, 1.82) is 0 Å². The van der Waals surface area contributed by atoms with Gasteiger partial charge in [0, 0.05) is 30.7 Å². The maximum Gasteiger partial charge on any atom is 0.253 e. The zero-order valence-electron chi connectivity index (χ0n) is 15.0. The number of nitrogens with one attached hydrogen (secondary N) is 1. The van der Waals surface area contributed by atoms with E-state index in [4.69, 9.17) is 9.47 Å². The second kappa shape index (κ2) is 7.01. The van der Waals surface area contributed by atoms with Crippen LogP contribution in [0.4, 0.5) is 0 Å². The van der Waals surface area contributed by atoms with Crippen LogP contribution in [0, 0.1) is 0 Å². The van der Waals surface area contributed by atoms with E-state index in [0.29, 0.717) is 35.2 Å². The predicted octanol–water partition coefficient (Wildman–Crippen LogP) is 2.84. The van der Waals surface area contributed by atoms with Gasteiger partial charge in [0.2, 0.25) is 0 Å². The van der Waals surface area contributed by atoms with Crippen LogP contribution in [0.5, 0.6) is 11.5 Å². The Balaban J connectivity index is 1.74. The highest BCUT2D eigenvalue weighted by Crippen LogP contribution is 2.32. The Bertz CT molecular complexity index is 590. The van der Waals surface area contributed by atoms with Crippen LogP contribution in [0.25, 0.3) is 0 Å². The molecule has 1 N–H and O–H groups in total. The maximum atomic E-state index is 12.9. The zero-order chi connectivity index (χ0) is 17.3. The monoisotopic (exact) mass is 332 g/mol. The molecule has 2 bridgehead atoms. The number of hydrogen-bond donors (Lipinski definition) is 1. The largest absolute Gasteiger partial charge is 0.493 e. The van der Waals surface area contributed by atoms with E-state index in [1.54, 1.807) is 13.2 Å².